The molecule has 0 saturated carbocycles. The average Bonchev–Trinajstić information content (AvgIpc) is 3.12. The van der Waals surface area contributed by atoms with Gasteiger partial charge in [-0.1, -0.05) is 24.3 Å². The van der Waals surface area contributed by atoms with Crippen LogP contribution in [0.3, 0.4) is 0 Å². The zero-order valence-corrected chi connectivity index (χ0v) is 14.6. The Balaban J connectivity index is 1.57. The van der Waals surface area contributed by atoms with Gasteiger partial charge in [0, 0.05) is 17.8 Å². The average molecular weight is 379 g/mol. The molecule has 0 radical (unpaired) electrons. The lowest BCUT2D eigenvalue weighted by molar-refractivity contribution is 0.102. The number of hydrogen-bond acceptors (Lipinski definition) is 4. The van der Waals surface area contributed by atoms with Crippen molar-refractivity contribution in [3.8, 4) is 0 Å². The quantitative estimate of drug-likeness (QED) is 0.552. The third-order valence-corrected chi connectivity index (χ3v) is 4.13. The van der Waals surface area contributed by atoms with Crippen molar-refractivity contribution in [1.29, 1.82) is 0 Å². The van der Waals surface area contributed by atoms with Crippen LogP contribution in [0.5, 0.6) is 0 Å². The molecule has 4 aromatic rings. The maximum absolute atomic E-state index is 13.8. The van der Waals surface area contributed by atoms with Gasteiger partial charge in [0.05, 0.1) is 6.20 Å². The Bertz CT molecular complexity index is 1120. The van der Waals surface area contributed by atoms with Crippen molar-refractivity contribution < 1.29 is 13.6 Å². The topological polar surface area (TPSA) is 71.3 Å². The summed E-state index contributed by atoms with van der Waals surface area (Å²) in [7, 11) is 0. The maximum Gasteiger partial charge on any atom is 0.276 e. The molecule has 28 heavy (non-hydrogen) atoms. The summed E-state index contributed by atoms with van der Waals surface area (Å²) in [6, 6.07) is 16.0. The van der Waals surface area contributed by atoms with Crippen molar-refractivity contribution in [2.24, 2.45) is 0 Å². The van der Waals surface area contributed by atoms with Crippen LogP contribution in [0.15, 0.2) is 66.9 Å². The zero-order valence-electron chi connectivity index (χ0n) is 14.6. The highest BCUT2D eigenvalue weighted by molar-refractivity contribution is 6.03. The number of rotatable bonds is 5. The number of para-hydroxylation sites is 1. The fraction of sp³-hybridized carbons (Fsp3) is 0.0500. The molecule has 0 aliphatic heterocycles. The molecule has 0 fully saturated rings. The summed E-state index contributed by atoms with van der Waals surface area (Å²) < 4.78 is 28.9. The van der Waals surface area contributed by atoms with E-state index in [0.717, 1.165) is 0 Å². The number of carbonyl (C=O) groups is 1. The summed E-state index contributed by atoms with van der Waals surface area (Å²) >= 11 is 0. The Hall–Kier alpha value is -3.81. The first kappa shape index (κ1) is 17.6. The van der Waals surface area contributed by atoms with Gasteiger partial charge in [0.2, 0.25) is 0 Å². The molecule has 2 N–H and O–H groups in total. The second kappa shape index (κ2) is 7.43. The minimum absolute atomic E-state index is 0.0860. The van der Waals surface area contributed by atoms with Gasteiger partial charge < -0.3 is 10.6 Å². The predicted octanol–water partition coefficient (Wildman–Crippen LogP) is 3.87. The van der Waals surface area contributed by atoms with Crippen molar-refractivity contribution in [1.82, 2.24) is 14.6 Å². The van der Waals surface area contributed by atoms with Crippen LogP contribution in [0.25, 0.3) is 5.65 Å². The SMILES string of the molecule is O=C(Nc1ccccc1)c1cnc2ccc(NCc3c(F)cccc3F)nn12. The van der Waals surface area contributed by atoms with E-state index >= 15 is 0 Å². The van der Waals surface area contributed by atoms with E-state index in [1.807, 2.05) is 18.2 Å². The number of anilines is 2. The third kappa shape index (κ3) is 3.52. The molecule has 2 aromatic carbocycles. The van der Waals surface area contributed by atoms with Gasteiger partial charge in [-0.15, -0.1) is 5.10 Å². The van der Waals surface area contributed by atoms with E-state index in [1.54, 1.807) is 24.3 Å². The molecule has 6 nitrogen and oxygen atoms in total. The summed E-state index contributed by atoms with van der Waals surface area (Å²) in [5.74, 6) is -1.30. The summed E-state index contributed by atoms with van der Waals surface area (Å²) in [4.78, 5) is 16.7. The van der Waals surface area contributed by atoms with Crippen LogP contribution >= 0.6 is 0 Å². The van der Waals surface area contributed by atoms with E-state index < -0.39 is 11.6 Å². The molecule has 8 heteroatoms. The fourth-order valence-electron chi connectivity index (χ4n) is 2.72. The normalized spacial score (nSPS) is 10.8. The Morgan fingerprint density at radius 3 is 2.46 bits per heavy atom. The van der Waals surface area contributed by atoms with Crippen LogP contribution in [-0.2, 0) is 6.54 Å². The minimum Gasteiger partial charge on any atom is -0.364 e. The first-order valence-corrected chi connectivity index (χ1v) is 8.50. The number of halogens is 2. The lowest BCUT2D eigenvalue weighted by Gasteiger charge is -2.09. The summed E-state index contributed by atoms with van der Waals surface area (Å²) in [5, 5.41) is 9.95. The van der Waals surface area contributed by atoms with Crippen LogP contribution in [-0.4, -0.2) is 20.5 Å². The van der Waals surface area contributed by atoms with E-state index in [9.17, 15) is 13.6 Å². The zero-order chi connectivity index (χ0) is 19.5. The van der Waals surface area contributed by atoms with E-state index in [2.05, 4.69) is 20.7 Å². The minimum atomic E-state index is -0.640. The van der Waals surface area contributed by atoms with Crippen molar-refractivity contribution in [2.45, 2.75) is 6.54 Å². The Labute approximate surface area is 158 Å². The smallest absolute Gasteiger partial charge is 0.276 e. The number of hydrogen-bond donors (Lipinski definition) is 2. The Morgan fingerprint density at radius 2 is 1.71 bits per heavy atom. The van der Waals surface area contributed by atoms with Gasteiger partial charge in [-0.3, -0.25) is 4.79 Å². The molecule has 0 unspecified atom stereocenters. The highest BCUT2D eigenvalue weighted by Gasteiger charge is 2.14. The number of nitrogens with one attached hydrogen (secondary N) is 2. The lowest BCUT2D eigenvalue weighted by Crippen LogP contribution is -2.16. The molecule has 2 aromatic heterocycles. The van der Waals surface area contributed by atoms with Crippen LogP contribution in [0.2, 0.25) is 0 Å². The summed E-state index contributed by atoms with van der Waals surface area (Å²) in [6.07, 6.45) is 1.42. The molecule has 0 bridgehead atoms. The largest absolute Gasteiger partial charge is 0.364 e. The van der Waals surface area contributed by atoms with Gasteiger partial charge in [-0.2, -0.15) is 0 Å². The van der Waals surface area contributed by atoms with Crippen molar-refractivity contribution in [2.75, 3.05) is 10.6 Å². The van der Waals surface area contributed by atoms with Gasteiger partial charge in [-0.05, 0) is 36.4 Å². The van der Waals surface area contributed by atoms with Crippen LogP contribution < -0.4 is 10.6 Å². The third-order valence-electron chi connectivity index (χ3n) is 4.13. The Morgan fingerprint density at radius 1 is 0.964 bits per heavy atom. The molecule has 140 valence electrons. The van der Waals surface area contributed by atoms with Crippen molar-refractivity contribution in [3.63, 3.8) is 0 Å². The fourth-order valence-corrected chi connectivity index (χ4v) is 2.72. The molecule has 0 aliphatic rings. The maximum atomic E-state index is 13.8. The van der Waals surface area contributed by atoms with Gasteiger partial charge >= 0.3 is 0 Å². The highest BCUT2D eigenvalue weighted by atomic mass is 19.1. The molecule has 0 spiro atoms. The van der Waals surface area contributed by atoms with Gasteiger partial charge in [0.1, 0.15) is 17.5 Å². The van der Waals surface area contributed by atoms with E-state index in [1.165, 1.54) is 28.9 Å². The number of carbonyl (C=O) groups excluding carboxylic acids is 1. The van der Waals surface area contributed by atoms with E-state index in [-0.39, 0.29) is 23.7 Å². The number of fused-ring (bicyclic) bond motifs is 1. The molecule has 4 rings (SSSR count). The molecular weight excluding hydrogens is 364 g/mol. The first-order valence-electron chi connectivity index (χ1n) is 8.50. The molecule has 0 atom stereocenters. The molecule has 2 heterocycles. The number of amides is 1. The molecule has 0 saturated heterocycles. The molecule has 0 aliphatic carbocycles. The number of imidazole rings is 1. The van der Waals surface area contributed by atoms with Gasteiger partial charge in [0.25, 0.3) is 5.91 Å². The van der Waals surface area contributed by atoms with Crippen molar-refractivity contribution >= 4 is 23.1 Å². The monoisotopic (exact) mass is 379 g/mol. The standard InChI is InChI=1S/C20H15F2N5O/c21-15-7-4-8-16(22)14(15)11-23-18-9-10-19-24-12-17(27(19)26-18)20(28)25-13-5-2-1-3-6-13/h1-10,12H,11H2,(H,23,26)(H,25,28). The Kier molecular flexibility index (Phi) is 4.67. The van der Waals surface area contributed by atoms with Crippen LogP contribution in [0.1, 0.15) is 16.1 Å². The van der Waals surface area contributed by atoms with Gasteiger partial charge in [-0.25, -0.2) is 18.3 Å². The second-order valence-corrected chi connectivity index (χ2v) is 6.01. The van der Waals surface area contributed by atoms with Crippen LogP contribution in [0.4, 0.5) is 20.3 Å². The first-order chi connectivity index (χ1) is 13.6. The van der Waals surface area contributed by atoms with E-state index in [4.69, 9.17) is 0 Å². The molecule has 1 amide bonds. The second-order valence-electron chi connectivity index (χ2n) is 6.01. The molecular formula is C20H15F2N5O. The number of nitrogens with zero attached hydrogens (tertiary/aromatic N) is 3. The summed E-state index contributed by atoms with van der Waals surface area (Å²) in [6.45, 7) is -0.0861. The predicted molar refractivity (Wildman–Crippen MR) is 101 cm³/mol. The summed E-state index contributed by atoms with van der Waals surface area (Å²) in [5.41, 5.74) is 1.27. The number of aromatic nitrogens is 3. The van der Waals surface area contributed by atoms with Crippen molar-refractivity contribution in [3.05, 3.63) is 89.8 Å². The highest BCUT2D eigenvalue weighted by Crippen LogP contribution is 2.16. The van der Waals surface area contributed by atoms with E-state index in [0.29, 0.717) is 17.2 Å². The van der Waals surface area contributed by atoms with Crippen LogP contribution in [0, 0.1) is 11.6 Å². The van der Waals surface area contributed by atoms with Gasteiger partial charge in [0.15, 0.2) is 11.3 Å². The lowest BCUT2D eigenvalue weighted by atomic mass is 10.2. The number of benzene rings is 2.